The van der Waals surface area contributed by atoms with Gasteiger partial charge < -0.3 is 5.32 Å². The number of aromatic amines is 1. The van der Waals surface area contributed by atoms with Crippen molar-refractivity contribution >= 4 is 29.1 Å². The number of hydrogen-bond donors (Lipinski definition) is 2. The molecule has 108 valence electrons. The van der Waals surface area contributed by atoms with Gasteiger partial charge in [-0.25, -0.2) is 9.89 Å². The number of benzene rings is 1. The smallest absolute Gasteiger partial charge is 0.318 e. The Labute approximate surface area is 123 Å². The van der Waals surface area contributed by atoms with E-state index in [2.05, 4.69) is 15.5 Å². The molecule has 1 aromatic heterocycles. The molecule has 1 aliphatic heterocycles. The Morgan fingerprint density at radius 1 is 1.24 bits per heavy atom. The Bertz CT molecular complexity index is 806. The number of amides is 1. The molecular weight excluding hydrogens is 292 g/mol. The summed E-state index contributed by atoms with van der Waals surface area (Å²) in [5.74, 6) is -1.15. The van der Waals surface area contributed by atoms with Crippen molar-refractivity contribution in [3.05, 3.63) is 34.2 Å². The standard InChI is InChI=1S/C13H12N4O3S/c1-6(2)17-12(20)15-16-13(17)21-7-3-4-8-9(5-7)14-11(19)10(8)18/h3-6H,1-2H3,(H,15,20)(H,14,18,19). The van der Waals surface area contributed by atoms with E-state index in [1.54, 1.807) is 22.8 Å². The Morgan fingerprint density at radius 3 is 2.71 bits per heavy atom. The number of nitrogens with zero attached hydrogens (tertiary/aromatic N) is 2. The van der Waals surface area contributed by atoms with Gasteiger partial charge in [-0.3, -0.25) is 14.2 Å². The van der Waals surface area contributed by atoms with E-state index >= 15 is 0 Å². The van der Waals surface area contributed by atoms with Crippen LogP contribution in [0, 0.1) is 0 Å². The molecule has 0 unspecified atom stereocenters. The molecule has 1 amide bonds. The summed E-state index contributed by atoms with van der Waals surface area (Å²) in [4.78, 5) is 35.3. The maximum atomic E-state index is 11.7. The van der Waals surface area contributed by atoms with E-state index in [9.17, 15) is 14.4 Å². The van der Waals surface area contributed by atoms with Crippen LogP contribution in [0.3, 0.4) is 0 Å². The van der Waals surface area contributed by atoms with E-state index in [1.807, 2.05) is 13.8 Å². The molecule has 1 aromatic carbocycles. The number of aromatic nitrogens is 3. The van der Waals surface area contributed by atoms with Crippen LogP contribution in [0.5, 0.6) is 0 Å². The molecule has 0 spiro atoms. The molecule has 2 aromatic rings. The SMILES string of the molecule is CC(C)n1c(Sc2ccc3c(c2)NC(=O)C3=O)n[nH]c1=O. The van der Waals surface area contributed by atoms with Crippen LogP contribution in [0.25, 0.3) is 0 Å². The van der Waals surface area contributed by atoms with Crippen LogP contribution < -0.4 is 11.0 Å². The number of hydrogen-bond acceptors (Lipinski definition) is 5. The average molecular weight is 304 g/mol. The Morgan fingerprint density at radius 2 is 2.00 bits per heavy atom. The molecule has 0 saturated heterocycles. The van der Waals surface area contributed by atoms with Crippen molar-refractivity contribution in [3.63, 3.8) is 0 Å². The molecule has 0 fully saturated rings. The zero-order chi connectivity index (χ0) is 15.1. The van der Waals surface area contributed by atoms with E-state index in [4.69, 9.17) is 0 Å². The van der Waals surface area contributed by atoms with E-state index in [1.165, 1.54) is 11.8 Å². The Kier molecular flexibility index (Phi) is 3.17. The summed E-state index contributed by atoms with van der Waals surface area (Å²) in [6.45, 7) is 3.78. The second-order valence-electron chi connectivity index (χ2n) is 4.87. The summed E-state index contributed by atoms with van der Waals surface area (Å²) in [6.07, 6.45) is 0. The van der Waals surface area contributed by atoms with Gasteiger partial charge in [-0.05, 0) is 43.8 Å². The summed E-state index contributed by atoms with van der Waals surface area (Å²) in [5, 5.41) is 9.46. The molecule has 1 aliphatic rings. The van der Waals surface area contributed by atoms with Gasteiger partial charge in [0.1, 0.15) is 0 Å². The molecule has 0 bridgehead atoms. The first kappa shape index (κ1) is 13.6. The zero-order valence-electron chi connectivity index (χ0n) is 11.3. The second kappa shape index (κ2) is 4.88. The molecule has 0 aliphatic carbocycles. The molecule has 7 nitrogen and oxygen atoms in total. The molecule has 2 heterocycles. The third kappa shape index (κ3) is 2.27. The minimum absolute atomic E-state index is 0.0190. The van der Waals surface area contributed by atoms with Crippen LogP contribution in [-0.4, -0.2) is 26.5 Å². The lowest BCUT2D eigenvalue weighted by Crippen LogP contribution is -2.19. The number of fused-ring (bicyclic) bond motifs is 1. The molecule has 8 heteroatoms. The molecule has 0 atom stereocenters. The summed E-state index contributed by atoms with van der Waals surface area (Å²) >= 11 is 1.29. The highest BCUT2D eigenvalue weighted by molar-refractivity contribution is 7.99. The Hall–Kier alpha value is -2.35. The highest BCUT2D eigenvalue weighted by atomic mass is 32.2. The lowest BCUT2D eigenvalue weighted by molar-refractivity contribution is -0.112. The highest BCUT2D eigenvalue weighted by Gasteiger charge is 2.28. The Balaban J connectivity index is 1.94. The molecule has 3 rings (SSSR count). The van der Waals surface area contributed by atoms with Crippen LogP contribution in [0.4, 0.5) is 5.69 Å². The first-order chi connectivity index (χ1) is 9.97. The molecule has 2 N–H and O–H groups in total. The molecular formula is C13H12N4O3S. The molecule has 21 heavy (non-hydrogen) atoms. The van der Waals surface area contributed by atoms with E-state index in [0.29, 0.717) is 16.4 Å². The van der Waals surface area contributed by atoms with Gasteiger partial charge in [0, 0.05) is 10.9 Å². The van der Waals surface area contributed by atoms with Crippen LogP contribution in [0.15, 0.2) is 33.0 Å². The lowest BCUT2D eigenvalue weighted by atomic mass is 10.1. The monoisotopic (exact) mass is 304 g/mol. The number of ketones is 1. The number of rotatable bonds is 3. The van der Waals surface area contributed by atoms with Crippen LogP contribution in [-0.2, 0) is 4.79 Å². The normalized spacial score (nSPS) is 13.7. The first-order valence-electron chi connectivity index (χ1n) is 6.32. The number of Topliss-reactive ketones (excluding diaryl/α,β-unsaturated/α-hetero) is 1. The number of H-pyrrole nitrogens is 1. The first-order valence-corrected chi connectivity index (χ1v) is 7.13. The fourth-order valence-electron chi connectivity index (χ4n) is 2.11. The zero-order valence-corrected chi connectivity index (χ0v) is 12.2. The third-order valence-corrected chi connectivity index (χ3v) is 4.05. The van der Waals surface area contributed by atoms with Crippen molar-refractivity contribution in [2.45, 2.75) is 29.9 Å². The van der Waals surface area contributed by atoms with Crippen molar-refractivity contribution in [1.82, 2.24) is 14.8 Å². The van der Waals surface area contributed by atoms with Crippen molar-refractivity contribution in [2.24, 2.45) is 0 Å². The van der Waals surface area contributed by atoms with Gasteiger partial charge in [0.15, 0.2) is 5.16 Å². The van der Waals surface area contributed by atoms with E-state index in [0.717, 1.165) is 4.90 Å². The van der Waals surface area contributed by atoms with Gasteiger partial charge >= 0.3 is 5.69 Å². The van der Waals surface area contributed by atoms with E-state index < -0.39 is 11.7 Å². The minimum atomic E-state index is -0.619. The van der Waals surface area contributed by atoms with Crippen molar-refractivity contribution in [3.8, 4) is 0 Å². The fraction of sp³-hybridized carbons (Fsp3) is 0.231. The highest BCUT2D eigenvalue weighted by Crippen LogP contribution is 2.32. The summed E-state index contributed by atoms with van der Waals surface area (Å²) < 4.78 is 1.54. The van der Waals surface area contributed by atoms with E-state index in [-0.39, 0.29) is 11.7 Å². The lowest BCUT2D eigenvalue weighted by Gasteiger charge is -2.08. The quantitative estimate of drug-likeness (QED) is 0.836. The van der Waals surface area contributed by atoms with Crippen molar-refractivity contribution in [1.29, 1.82) is 0 Å². The van der Waals surface area contributed by atoms with Crippen LogP contribution in [0.2, 0.25) is 0 Å². The van der Waals surface area contributed by atoms with Gasteiger partial charge in [0.25, 0.3) is 11.7 Å². The van der Waals surface area contributed by atoms with Gasteiger partial charge in [0.05, 0.1) is 11.3 Å². The van der Waals surface area contributed by atoms with Gasteiger partial charge in [-0.1, -0.05) is 0 Å². The molecule has 0 radical (unpaired) electrons. The predicted molar refractivity (Wildman–Crippen MR) is 76.8 cm³/mol. The number of nitrogens with one attached hydrogen (secondary N) is 2. The number of anilines is 1. The minimum Gasteiger partial charge on any atom is -0.318 e. The second-order valence-corrected chi connectivity index (χ2v) is 5.91. The largest absolute Gasteiger partial charge is 0.344 e. The number of carbonyl (C=O) groups is 2. The van der Waals surface area contributed by atoms with Crippen molar-refractivity contribution < 1.29 is 9.59 Å². The van der Waals surface area contributed by atoms with Gasteiger partial charge in [-0.15, -0.1) is 5.10 Å². The summed E-state index contributed by atoms with van der Waals surface area (Å²) in [5.41, 5.74) is 0.591. The topological polar surface area (TPSA) is 96.8 Å². The molecule has 0 saturated carbocycles. The van der Waals surface area contributed by atoms with Crippen LogP contribution in [0.1, 0.15) is 30.2 Å². The van der Waals surface area contributed by atoms with Crippen molar-refractivity contribution in [2.75, 3.05) is 5.32 Å². The van der Waals surface area contributed by atoms with Crippen LogP contribution >= 0.6 is 11.8 Å². The predicted octanol–water partition coefficient (Wildman–Crippen LogP) is 1.44. The summed E-state index contributed by atoms with van der Waals surface area (Å²) in [6, 6.07) is 5.01. The summed E-state index contributed by atoms with van der Waals surface area (Å²) in [7, 11) is 0. The fourth-order valence-corrected chi connectivity index (χ4v) is 3.12. The average Bonchev–Trinajstić information content (AvgIpc) is 2.91. The van der Waals surface area contributed by atoms with Gasteiger partial charge in [-0.2, -0.15) is 0 Å². The third-order valence-electron chi connectivity index (χ3n) is 3.09. The van der Waals surface area contributed by atoms with Gasteiger partial charge in [0.2, 0.25) is 0 Å². The maximum absolute atomic E-state index is 11.7. The maximum Gasteiger partial charge on any atom is 0.344 e. The number of carbonyl (C=O) groups excluding carboxylic acids is 2.